The van der Waals surface area contributed by atoms with Crippen molar-refractivity contribution in [3.63, 3.8) is 0 Å². The molecule has 1 aliphatic rings. The van der Waals surface area contributed by atoms with Crippen molar-refractivity contribution in [2.75, 3.05) is 11.9 Å². The number of rotatable bonds is 3. The Balaban J connectivity index is 1.81. The maximum atomic E-state index is 12.9. The molecule has 0 atom stereocenters. The van der Waals surface area contributed by atoms with Crippen molar-refractivity contribution < 1.29 is 9.18 Å². The zero-order valence-corrected chi connectivity index (χ0v) is 9.50. The molecule has 0 aromatic heterocycles. The first-order valence-corrected chi connectivity index (χ1v) is 5.67. The lowest BCUT2D eigenvalue weighted by atomic mass is 9.78. The molecule has 0 saturated heterocycles. The summed E-state index contributed by atoms with van der Waals surface area (Å²) in [6.45, 7) is 0.453. The summed E-state index contributed by atoms with van der Waals surface area (Å²) in [5, 5.41) is 5.25. The predicted octanol–water partition coefficient (Wildman–Crippen LogP) is 1.83. The Morgan fingerprint density at radius 3 is 2.82 bits per heavy atom. The summed E-state index contributed by atoms with van der Waals surface area (Å²) in [6.07, 6.45) is 2.99. The molecule has 92 valence electrons. The average molecular weight is 237 g/mol. The molecule has 4 nitrogen and oxygen atoms in total. The maximum absolute atomic E-state index is 12.9. The minimum atomic E-state index is -0.378. The van der Waals surface area contributed by atoms with Gasteiger partial charge in [-0.15, -0.1) is 0 Å². The molecule has 0 spiro atoms. The Morgan fingerprint density at radius 2 is 2.24 bits per heavy atom. The number of benzene rings is 1. The molecule has 1 aromatic carbocycles. The van der Waals surface area contributed by atoms with Gasteiger partial charge in [0.25, 0.3) is 0 Å². The van der Waals surface area contributed by atoms with Gasteiger partial charge < -0.3 is 16.4 Å². The van der Waals surface area contributed by atoms with Gasteiger partial charge >= 0.3 is 6.03 Å². The smallest absolute Gasteiger partial charge is 0.319 e. The van der Waals surface area contributed by atoms with Crippen LogP contribution in [0.3, 0.4) is 0 Å². The van der Waals surface area contributed by atoms with Crippen molar-refractivity contribution in [2.24, 2.45) is 5.73 Å². The molecule has 0 unspecified atom stereocenters. The molecule has 5 heteroatoms. The molecular weight excluding hydrogens is 221 g/mol. The lowest BCUT2D eigenvalue weighted by molar-refractivity contribution is 0.225. The summed E-state index contributed by atoms with van der Waals surface area (Å²) in [6, 6.07) is 5.41. The van der Waals surface area contributed by atoms with Gasteiger partial charge in [0.05, 0.1) is 0 Å². The first kappa shape index (κ1) is 11.9. The van der Waals surface area contributed by atoms with E-state index in [1.54, 1.807) is 12.1 Å². The van der Waals surface area contributed by atoms with E-state index in [1.807, 2.05) is 0 Å². The number of amides is 2. The highest BCUT2D eigenvalue weighted by molar-refractivity contribution is 5.89. The molecule has 2 amide bonds. The van der Waals surface area contributed by atoms with Gasteiger partial charge in [0.2, 0.25) is 0 Å². The second-order valence-corrected chi connectivity index (χ2v) is 4.53. The Hall–Kier alpha value is -1.62. The van der Waals surface area contributed by atoms with Crippen LogP contribution in [0.5, 0.6) is 0 Å². The van der Waals surface area contributed by atoms with Gasteiger partial charge in [-0.1, -0.05) is 6.07 Å². The Morgan fingerprint density at radius 1 is 1.47 bits per heavy atom. The van der Waals surface area contributed by atoms with Crippen molar-refractivity contribution in [3.05, 3.63) is 30.1 Å². The molecule has 1 saturated carbocycles. The highest BCUT2D eigenvalue weighted by atomic mass is 19.1. The van der Waals surface area contributed by atoms with Crippen molar-refractivity contribution in [3.8, 4) is 0 Å². The van der Waals surface area contributed by atoms with Crippen LogP contribution in [0.15, 0.2) is 24.3 Å². The molecule has 1 aromatic rings. The fraction of sp³-hybridized carbons (Fsp3) is 0.417. The molecule has 1 fully saturated rings. The van der Waals surface area contributed by atoms with Crippen LogP contribution in [-0.2, 0) is 0 Å². The number of halogens is 1. The quantitative estimate of drug-likeness (QED) is 0.750. The lowest BCUT2D eigenvalue weighted by Crippen LogP contribution is -2.55. The largest absolute Gasteiger partial charge is 0.336 e. The number of nitrogens with two attached hydrogens (primary N) is 1. The lowest BCUT2D eigenvalue weighted by Gasteiger charge is -2.38. The Labute approximate surface area is 99.4 Å². The Bertz CT molecular complexity index is 418. The van der Waals surface area contributed by atoms with Crippen molar-refractivity contribution in [1.82, 2.24) is 5.32 Å². The summed E-state index contributed by atoms with van der Waals surface area (Å²) in [7, 11) is 0. The number of hydrogen-bond acceptors (Lipinski definition) is 2. The summed E-state index contributed by atoms with van der Waals surface area (Å²) in [5.74, 6) is -0.378. The van der Waals surface area contributed by atoms with E-state index in [2.05, 4.69) is 10.6 Å². The van der Waals surface area contributed by atoms with Gasteiger partial charge in [0.15, 0.2) is 0 Å². The average Bonchev–Trinajstić information content (AvgIpc) is 2.24. The van der Waals surface area contributed by atoms with E-state index in [9.17, 15) is 9.18 Å². The summed E-state index contributed by atoms with van der Waals surface area (Å²) < 4.78 is 12.9. The zero-order chi connectivity index (χ0) is 12.3. The third-order valence-corrected chi connectivity index (χ3v) is 3.03. The van der Waals surface area contributed by atoms with Gasteiger partial charge in [-0.25, -0.2) is 9.18 Å². The van der Waals surface area contributed by atoms with Crippen LogP contribution in [-0.4, -0.2) is 18.1 Å². The molecule has 0 aliphatic heterocycles. The second-order valence-electron chi connectivity index (χ2n) is 4.53. The number of anilines is 1. The second kappa shape index (κ2) is 4.71. The topological polar surface area (TPSA) is 67.1 Å². The Kier molecular flexibility index (Phi) is 3.28. The molecular formula is C12H16FN3O. The zero-order valence-electron chi connectivity index (χ0n) is 9.50. The number of carbonyl (C=O) groups is 1. The van der Waals surface area contributed by atoms with Crippen molar-refractivity contribution >= 4 is 11.7 Å². The van der Waals surface area contributed by atoms with Gasteiger partial charge in [0, 0.05) is 17.8 Å². The van der Waals surface area contributed by atoms with Crippen LogP contribution >= 0.6 is 0 Å². The maximum Gasteiger partial charge on any atom is 0.319 e. The minimum absolute atomic E-state index is 0.251. The molecule has 4 N–H and O–H groups in total. The highest BCUT2D eigenvalue weighted by Crippen LogP contribution is 2.27. The van der Waals surface area contributed by atoms with Gasteiger partial charge in [-0.3, -0.25) is 0 Å². The van der Waals surface area contributed by atoms with E-state index in [0.717, 1.165) is 19.3 Å². The van der Waals surface area contributed by atoms with Crippen LogP contribution in [0, 0.1) is 5.82 Å². The van der Waals surface area contributed by atoms with Crippen molar-refractivity contribution in [1.29, 1.82) is 0 Å². The van der Waals surface area contributed by atoms with Gasteiger partial charge in [-0.2, -0.15) is 0 Å². The highest BCUT2D eigenvalue weighted by Gasteiger charge is 2.32. The van der Waals surface area contributed by atoms with Crippen LogP contribution in [0.4, 0.5) is 14.9 Å². The molecule has 0 heterocycles. The van der Waals surface area contributed by atoms with Crippen LogP contribution < -0.4 is 16.4 Å². The van der Waals surface area contributed by atoms with E-state index in [-0.39, 0.29) is 17.4 Å². The summed E-state index contributed by atoms with van der Waals surface area (Å²) in [4.78, 5) is 11.5. The SMILES string of the molecule is NC1(CNC(=O)Nc2cccc(F)c2)CCC1. The molecule has 0 radical (unpaired) electrons. The fourth-order valence-corrected chi connectivity index (χ4v) is 1.81. The van der Waals surface area contributed by atoms with E-state index in [1.165, 1.54) is 12.1 Å². The third kappa shape index (κ3) is 3.17. The minimum Gasteiger partial charge on any atom is -0.336 e. The number of nitrogens with one attached hydrogen (secondary N) is 2. The standard InChI is InChI=1S/C12H16FN3O/c13-9-3-1-4-10(7-9)16-11(17)15-8-12(14)5-2-6-12/h1,3-4,7H,2,5-6,8,14H2,(H2,15,16,17). The summed E-state index contributed by atoms with van der Waals surface area (Å²) >= 11 is 0. The normalized spacial score (nSPS) is 17.1. The number of carbonyl (C=O) groups excluding carboxylic acids is 1. The molecule has 17 heavy (non-hydrogen) atoms. The molecule has 2 rings (SSSR count). The number of urea groups is 1. The van der Waals surface area contributed by atoms with E-state index < -0.39 is 0 Å². The van der Waals surface area contributed by atoms with E-state index in [4.69, 9.17) is 5.73 Å². The first-order chi connectivity index (χ1) is 8.07. The predicted molar refractivity (Wildman–Crippen MR) is 64.2 cm³/mol. The fourth-order valence-electron chi connectivity index (χ4n) is 1.81. The van der Waals surface area contributed by atoms with Crippen LogP contribution in [0.25, 0.3) is 0 Å². The third-order valence-electron chi connectivity index (χ3n) is 3.03. The van der Waals surface area contributed by atoms with Crippen LogP contribution in [0.1, 0.15) is 19.3 Å². The van der Waals surface area contributed by atoms with Gasteiger partial charge in [0.1, 0.15) is 5.82 Å². The van der Waals surface area contributed by atoms with E-state index >= 15 is 0 Å². The van der Waals surface area contributed by atoms with Gasteiger partial charge in [-0.05, 0) is 37.5 Å². The molecule has 1 aliphatic carbocycles. The molecule has 0 bridgehead atoms. The van der Waals surface area contributed by atoms with Crippen molar-refractivity contribution in [2.45, 2.75) is 24.8 Å². The first-order valence-electron chi connectivity index (χ1n) is 5.67. The summed E-state index contributed by atoms with van der Waals surface area (Å²) in [5.41, 5.74) is 6.15. The van der Waals surface area contributed by atoms with E-state index in [0.29, 0.717) is 12.2 Å². The monoisotopic (exact) mass is 237 g/mol. The number of hydrogen-bond donors (Lipinski definition) is 3. The van der Waals surface area contributed by atoms with Crippen LogP contribution in [0.2, 0.25) is 0 Å².